The van der Waals surface area contributed by atoms with Crippen LogP contribution in [0.1, 0.15) is 42.1 Å². The van der Waals surface area contributed by atoms with Crippen molar-refractivity contribution in [3.63, 3.8) is 0 Å². The molecule has 0 atom stereocenters. The Morgan fingerprint density at radius 1 is 1.07 bits per heavy atom. The summed E-state index contributed by atoms with van der Waals surface area (Å²) >= 11 is 0. The normalized spacial score (nSPS) is 11.2. The molecule has 28 heavy (non-hydrogen) atoms. The molecule has 2 rings (SSSR count). The minimum atomic E-state index is -4.42. The maximum absolute atomic E-state index is 12.6. The van der Waals surface area contributed by atoms with Crippen molar-refractivity contribution in [2.45, 2.75) is 46.7 Å². The average Bonchev–Trinajstić information content (AvgIpc) is 2.62. The molecule has 0 aliphatic rings. The summed E-state index contributed by atoms with van der Waals surface area (Å²) in [5.74, 6) is 1.09. The van der Waals surface area contributed by atoms with E-state index in [-0.39, 0.29) is 5.69 Å². The fourth-order valence-corrected chi connectivity index (χ4v) is 2.59. The molecule has 5 nitrogen and oxygen atoms in total. The van der Waals surface area contributed by atoms with Gasteiger partial charge >= 0.3 is 12.2 Å². The second-order valence-corrected chi connectivity index (χ2v) is 6.48. The number of nitrogens with one attached hydrogen (secondary N) is 2. The molecular formula is C20H24F3N3O2. The van der Waals surface area contributed by atoms with E-state index >= 15 is 0 Å². The Labute approximate surface area is 162 Å². The van der Waals surface area contributed by atoms with Gasteiger partial charge in [0.2, 0.25) is 0 Å². The maximum Gasteiger partial charge on any atom is 0.416 e. The zero-order valence-electron chi connectivity index (χ0n) is 16.3. The van der Waals surface area contributed by atoms with E-state index in [0.717, 1.165) is 36.1 Å². The van der Waals surface area contributed by atoms with Crippen molar-refractivity contribution < 1.29 is 22.7 Å². The Balaban J connectivity index is 2.09. The predicted octanol–water partition coefficient (Wildman–Crippen LogP) is 5.85. The molecule has 1 heterocycles. The highest BCUT2D eigenvalue weighted by Gasteiger charge is 2.30. The lowest BCUT2D eigenvalue weighted by atomic mass is 10.1. The summed E-state index contributed by atoms with van der Waals surface area (Å²) < 4.78 is 43.6. The summed E-state index contributed by atoms with van der Waals surface area (Å²) in [6.45, 7) is 8.19. The van der Waals surface area contributed by atoms with Crippen LogP contribution in [0.4, 0.5) is 29.5 Å². The summed E-state index contributed by atoms with van der Waals surface area (Å²) in [5.41, 5.74) is 1.77. The van der Waals surface area contributed by atoms with Crippen molar-refractivity contribution >= 4 is 17.5 Å². The molecular weight excluding hydrogens is 371 g/mol. The number of ether oxygens (including phenoxy) is 1. The molecule has 0 aliphatic heterocycles. The van der Waals surface area contributed by atoms with E-state index in [1.165, 1.54) is 12.1 Å². The van der Waals surface area contributed by atoms with Gasteiger partial charge in [0.1, 0.15) is 11.6 Å². The number of carbonyl (C=O) groups is 1. The van der Waals surface area contributed by atoms with Crippen LogP contribution in [0.15, 0.2) is 24.3 Å². The number of alkyl halides is 3. The summed E-state index contributed by atoms with van der Waals surface area (Å²) in [7, 11) is 0. The molecule has 152 valence electrons. The van der Waals surface area contributed by atoms with Gasteiger partial charge in [0, 0.05) is 5.69 Å². The first-order valence-electron chi connectivity index (χ1n) is 8.99. The molecule has 2 amide bonds. The molecule has 1 aromatic heterocycles. The molecule has 0 aliphatic carbocycles. The van der Waals surface area contributed by atoms with Gasteiger partial charge in [-0.05, 0) is 62.6 Å². The van der Waals surface area contributed by atoms with Crippen LogP contribution in [0.2, 0.25) is 0 Å². The monoisotopic (exact) mass is 395 g/mol. The van der Waals surface area contributed by atoms with Gasteiger partial charge in [0.25, 0.3) is 0 Å². The minimum absolute atomic E-state index is 0.246. The Morgan fingerprint density at radius 2 is 1.71 bits per heavy atom. The Hall–Kier alpha value is -2.77. The number of nitrogens with zero attached hydrogens (tertiary/aromatic N) is 1. The number of benzene rings is 1. The first-order valence-corrected chi connectivity index (χ1v) is 8.99. The van der Waals surface area contributed by atoms with Gasteiger partial charge in [-0.15, -0.1) is 0 Å². The van der Waals surface area contributed by atoms with Gasteiger partial charge in [0.05, 0.1) is 17.9 Å². The van der Waals surface area contributed by atoms with E-state index < -0.39 is 17.8 Å². The number of halogens is 3. The van der Waals surface area contributed by atoms with Crippen LogP contribution < -0.4 is 15.4 Å². The van der Waals surface area contributed by atoms with Gasteiger partial charge in [-0.25, -0.2) is 9.78 Å². The zero-order valence-corrected chi connectivity index (χ0v) is 16.3. The molecule has 2 aromatic rings. The van der Waals surface area contributed by atoms with Gasteiger partial charge < -0.3 is 10.1 Å². The highest BCUT2D eigenvalue weighted by Crippen LogP contribution is 2.31. The SMILES string of the molecule is CCCCOc1c(C)nc(NC(=O)Nc2ccc(C(F)(F)F)cc2)c(C)c1C. The van der Waals surface area contributed by atoms with E-state index in [1.807, 2.05) is 13.8 Å². The highest BCUT2D eigenvalue weighted by molar-refractivity contribution is 5.99. The molecule has 0 fully saturated rings. The number of unbranched alkanes of at least 4 members (excludes halogenated alkanes) is 1. The van der Waals surface area contributed by atoms with E-state index in [4.69, 9.17) is 4.74 Å². The van der Waals surface area contributed by atoms with Crippen molar-refractivity contribution in [3.05, 3.63) is 46.6 Å². The second-order valence-electron chi connectivity index (χ2n) is 6.48. The summed E-state index contributed by atoms with van der Waals surface area (Å²) in [5, 5.41) is 5.14. The van der Waals surface area contributed by atoms with Crippen LogP contribution in [-0.2, 0) is 6.18 Å². The third kappa shape index (κ3) is 5.37. The van der Waals surface area contributed by atoms with E-state index in [0.29, 0.717) is 23.9 Å². The lowest BCUT2D eigenvalue weighted by Gasteiger charge is -2.17. The first kappa shape index (κ1) is 21.5. The molecule has 8 heteroatoms. The summed E-state index contributed by atoms with van der Waals surface area (Å²) in [6.07, 6.45) is -2.46. The third-order valence-corrected chi connectivity index (χ3v) is 4.31. The average molecular weight is 395 g/mol. The van der Waals surface area contributed by atoms with Crippen LogP contribution in [0.5, 0.6) is 5.75 Å². The third-order valence-electron chi connectivity index (χ3n) is 4.31. The number of urea groups is 1. The molecule has 0 radical (unpaired) electrons. The largest absolute Gasteiger partial charge is 0.491 e. The fourth-order valence-electron chi connectivity index (χ4n) is 2.59. The Kier molecular flexibility index (Phi) is 6.88. The fraction of sp³-hybridized carbons (Fsp3) is 0.400. The standard InChI is InChI=1S/C20H24F3N3O2/c1-5-6-11-28-17-12(2)13(3)18(24-14(17)4)26-19(27)25-16-9-7-15(8-10-16)20(21,22)23/h7-10H,5-6,11H2,1-4H3,(H2,24,25,26,27). The van der Waals surface area contributed by atoms with Crippen molar-refractivity contribution in [2.24, 2.45) is 0 Å². The topological polar surface area (TPSA) is 63.2 Å². The van der Waals surface area contributed by atoms with Crippen molar-refractivity contribution in [1.29, 1.82) is 0 Å². The summed E-state index contributed by atoms with van der Waals surface area (Å²) in [4.78, 5) is 16.6. The van der Waals surface area contributed by atoms with Gasteiger partial charge in [0.15, 0.2) is 0 Å². The highest BCUT2D eigenvalue weighted by atomic mass is 19.4. The number of carbonyl (C=O) groups excluding carboxylic acids is 1. The number of hydrogen-bond acceptors (Lipinski definition) is 3. The number of anilines is 2. The van der Waals surface area contributed by atoms with Gasteiger partial charge in [-0.3, -0.25) is 5.32 Å². The Morgan fingerprint density at radius 3 is 2.29 bits per heavy atom. The number of aryl methyl sites for hydroxylation is 1. The second kappa shape index (κ2) is 8.95. The summed E-state index contributed by atoms with van der Waals surface area (Å²) in [6, 6.07) is 3.63. The molecule has 0 saturated carbocycles. The molecule has 2 N–H and O–H groups in total. The molecule has 0 unspecified atom stereocenters. The van der Waals surface area contributed by atoms with Crippen molar-refractivity contribution in [2.75, 3.05) is 17.2 Å². The van der Waals surface area contributed by atoms with Crippen LogP contribution >= 0.6 is 0 Å². The smallest absolute Gasteiger partial charge is 0.416 e. The molecule has 0 spiro atoms. The number of aromatic nitrogens is 1. The van der Waals surface area contributed by atoms with Crippen LogP contribution in [0.3, 0.4) is 0 Å². The van der Waals surface area contributed by atoms with Gasteiger partial charge in [-0.2, -0.15) is 13.2 Å². The van der Waals surface area contributed by atoms with Crippen LogP contribution in [0.25, 0.3) is 0 Å². The van der Waals surface area contributed by atoms with Crippen molar-refractivity contribution in [1.82, 2.24) is 4.98 Å². The predicted molar refractivity (Wildman–Crippen MR) is 103 cm³/mol. The molecule has 1 aromatic carbocycles. The Bertz CT molecular complexity index is 834. The maximum atomic E-state index is 12.6. The first-order chi connectivity index (χ1) is 13.1. The molecule has 0 saturated heterocycles. The van der Waals surface area contributed by atoms with E-state index in [1.54, 1.807) is 6.92 Å². The van der Waals surface area contributed by atoms with Crippen molar-refractivity contribution in [3.8, 4) is 5.75 Å². The number of rotatable bonds is 6. The lowest BCUT2D eigenvalue weighted by Crippen LogP contribution is -2.21. The van der Waals surface area contributed by atoms with E-state index in [9.17, 15) is 18.0 Å². The quantitative estimate of drug-likeness (QED) is 0.603. The van der Waals surface area contributed by atoms with Gasteiger partial charge in [-0.1, -0.05) is 13.3 Å². The number of pyridine rings is 1. The molecule has 0 bridgehead atoms. The number of hydrogen-bond donors (Lipinski definition) is 2. The van der Waals surface area contributed by atoms with E-state index in [2.05, 4.69) is 22.5 Å². The lowest BCUT2D eigenvalue weighted by molar-refractivity contribution is -0.137. The minimum Gasteiger partial charge on any atom is -0.491 e. The number of amides is 2. The van der Waals surface area contributed by atoms with Crippen LogP contribution in [-0.4, -0.2) is 17.6 Å². The van der Waals surface area contributed by atoms with Crippen LogP contribution in [0, 0.1) is 20.8 Å². The zero-order chi connectivity index (χ0) is 20.9.